The summed E-state index contributed by atoms with van der Waals surface area (Å²) in [5, 5.41) is 30.2. The number of phosphoric acid groups is 1. The third-order valence-electron chi connectivity index (χ3n) is 8.12. The highest BCUT2D eigenvalue weighted by molar-refractivity contribution is 7.46. The first-order chi connectivity index (χ1) is 27.5. The molecule has 4 atom stereocenters. The Bertz CT molecular complexity index is 1340. The Kier molecular flexibility index (Phi) is 35.8. The molecule has 0 aliphatic rings. The van der Waals surface area contributed by atoms with Gasteiger partial charge in [-0.2, -0.15) is 0 Å². The van der Waals surface area contributed by atoms with E-state index in [4.69, 9.17) is 19.3 Å². The maximum Gasteiger partial charge on any atom is 0.469 e. The Labute approximate surface area is 342 Å². The van der Waals surface area contributed by atoms with Gasteiger partial charge in [-0.25, -0.2) is 4.57 Å². The van der Waals surface area contributed by atoms with Gasteiger partial charge in [-0.05, 0) is 77.0 Å². The lowest BCUT2D eigenvalue weighted by Gasteiger charge is -2.18. The number of unbranched alkanes of at least 4 members (excludes halogenated alkanes) is 6. The van der Waals surface area contributed by atoms with Crippen molar-refractivity contribution in [3.8, 4) is 0 Å². The summed E-state index contributed by atoms with van der Waals surface area (Å²) in [6.07, 6.45) is 43.2. The summed E-state index contributed by atoms with van der Waals surface area (Å²) in [7, 11) is -4.86. The van der Waals surface area contributed by atoms with Crippen LogP contribution in [-0.2, 0) is 28.2 Å². The van der Waals surface area contributed by atoms with Crippen molar-refractivity contribution in [2.24, 2.45) is 0 Å². The largest absolute Gasteiger partial charge is 0.469 e. The molecule has 0 bridgehead atoms. The number of aliphatic hydroxyl groups is 3. The van der Waals surface area contributed by atoms with Crippen molar-refractivity contribution in [1.29, 1.82) is 0 Å². The quantitative estimate of drug-likeness (QED) is 0.0135. The van der Waals surface area contributed by atoms with Gasteiger partial charge in [-0.15, -0.1) is 0 Å². The minimum Gasteiger partial charge on any atom is -0.462 e. The highest BCUT2D eigenvalue weighted by Gasteiger charge is 2.23. The van der Waals surface area contributed by atoms with Gasteiger partial charge in [0.1, 0.15) is 6.61 Å². The lowest BCUT2D eigenvalue weighted by Crippen LogP contribution is -2.29. The van der Waals surface area contributed by atoms with E-state index in [1.165, 1.54) is 25.3 Å². The SMILES string of the molecule is CC/C=C\C[C@@H](O)/C=C/C=C/C=C\C=C/[C@H](O)[C@@H](O)CCCC(=O)OC[C@H](COP(=O)(O)O)OC(=O)CCCCC/C=C\C/C=C\C/C=C\C/C=C\CCCCC. The van der Waals surface area contributed by atoms with Gasteiger partial charge >= 0.3 is 19.8 Å². The maximum absolute atomic E-state index is 12.4. The molecule has 0 aliphatic heterocycles. The Morgan fingerprint density at radius 2 is 1.18 bits per heavy atom. The fourth-order valence-corrected chi connectivity index (χ4v) is 5.29. The number of rotatable bonds is 35. The number of hydrogen-bond acceptors (Lipinski definition) is 9. The minimum absolute atomic E-state index is 0.0932. The lowest BCUT2D eigenvalue weighted by atomic mass is 10.1. The van der Waals surface area contributed by atoms with Crippen molar-refractivity contribution >= 4 is 19.8 Å². The van der Waals surface area contributed by atoms with Gasteiger partial charge in [0.15, 0.2) is 6.10 Å². The number of hydrogen-bond donors (Lipinski definition) is 5. The van der Waals surface area contributed by atoms with E-state index >= 15 is 0 Å². The molecule has 0 unspecified atom stereocenters. The molecule has 0 heterocycles. The number of carbonyl (C=O) groups is 2. The van der Waals surface area contributed by atoms with Crippen LogP contribution in [0.2, 0.25) is 0 Å². The normalized spacial score (nSPS) is 15.3. The number of aliphatic hydroxyl groups excluding tert-OH is 3. The van der Waals surface area contributed by atoms with Crippen LogP contribution in [0, 0.1) is 0 Å². The monoisotopic (exact) mass is 818 g/mol. The van der Waals surface area contributed by atoms with E-state index in [0.717, 1.165) is 51.4 Å². The second-order valence-electron chi connectivity index (χ2n) is 13.4. The molecule has 0 saturated heterocycles. The van der Waals surface area contributed by atoms with Crippen molar-refractivity contribution in [1.82, 2.24) is 0 Å². The van der Waals surface area contributed by atoms with Crippen LogP contribution in [0.5, 0.6) is 0 Å². The highest BCUT2D eigenvalue weighted by atomic mass is 31.2. The topological polar surface area (TPSA) is 180 Å². The van der Waals surface area contributed by atoms with Gasteiger partial charge in [-0.3, -0.25) is 14.1 Å². The summed E-state index contributed by atoms with van der Waals surface area (Å²) in [4.78, 5) is 42.9. The summed E-state index contributed by atoms with van der Waals surface area (Å²) in [5.41, 5.74) is 0. The standard InChI is InChI=1S/C45H71O11P/c1-3-5-7-8-9-10-11-12-13-14-15-16-17-18-19-20-21-26-30-36-45(50)56-41(39-55-57(51,52)53)38-54-44(49)37-31-35-43(48)42(47)34-29-25-23-22-24-28-33-40(46)32-27-6-4-2/h6,9-10,12-13,15-16,18-19,22-25,27-29,33-34,40-43,46-48H,3-5,7-8,11,14,17,20-21,26,30-32,35-39H2,1-2H3,(H2,51,52,53)/b10-9-,13-12-,16-15-,19-18-,24-22+,25-23-,27-6-,33-28+,34-29-/t40-,41-,42+,43+/m1/s1. The third-order valence-corrected chi connectivity index (χ3v) is 8.60. The fraction of sp³-hybridized carbons (Fsp3) is 0.556. The molecule has 11 nitrogen and oxygen atoms in total. The van der Waals surface area contributed by atoms with Gasteiger partial charge in [0.05, 0.1) is 24.9 Å². The van der Waals surface area contributed by atoms with Crippen LogP contribution in [0.15, 0.2) is 109 Å². The molecule has 5 N–H and O–H groups in total. The second-order valence-corrected chi connectivity index (χ2v) is 14.7. The first-order valence-corrected chi connectivity index (χ1v) is 22.0. The minimum atomic E-state index is -4.86. The zero-order valence-corrected chi connectivity index (χ0v) is 35.2. The molecule has 0 radical (unpaired) electrons. The molecule has 0 aliphatic carbocycles. The smallest absolute Gasteiger partial charge is 0.462 e. The number of phosphoric ester groups is 1. The van der Waals surface area contributed by atoms with E-state index in [0.29, 0.717) is 12.8 Å². The molecular formula is C45H71O11P. The molecule has 0 saturated carbocycles. The van der Waals surface area contributed by atoms with E-state index in [1.807, 2.05) is 19.1 Å². The molecular weight excluding hydrogens is 747 g/mol. The van der Waals surface area contributed by atoms with Crippen LogP contribution < -0.4 is 0 Å². The summed E-state index contributed by atoms with van der Waals surface area (Å²) in [6.45, 7) is 3.12. The average molecular weight is 819 g/mol. The molecule has 0 aromatic carbocycles. The Morgan fingerprint density at radius 1 is 0.614 bits per heavy atom. The zero-order valence-electron chi connectivity index (χ0n) is 34.3. The van der Waals surface area contributed by atoms with Crippen LogP contribution in [0.1, 0.15) is 123 Å². The first-order valence-electron chi connectivity index (χ1n) is 20.5. The molecule has 0 aromatic rings. The molecule has 0 fully saturated rings. The van der Waals surface area contributed by atoms with Crippen LogP contribution in [0.4, 0.5) is 0 Å². The molecule has 0 amide bonds. The number of carbonyl (C=O) groups excluding carboxylic acids is 2. The Morgan fingerprint density at radius 3 is 1.77 bits per heavy atom. The molecule has 0 spiro atoms. The zero-order chi connectivity index (χ0) is 42.2. The summed E-state index contributed by atoms with van der Waals surface area (Å²) in [6, 6.07) is 0. The molecule has 0 rings (SSSR count). The van der Waals surface area contributed by atoms with Crippen molar-refractivity contribution in [2.45, 2.75) is 147 Å². The molecule has 12 heteroatoms. The van der Waals surface area contributed by atoms with Crippen molar-refractivity contribution in [3.05, 3.63) is 109 Å². The molecule has 0 aromatic heterocycles. The number of esters is 2. The highest BCUT2D eigenvalue weighted by Crippen LogP contribution is 2.36. The van der Waals surface area contributed by atoms with Crippen molar-refractivity contribution < 1.29 is 53.3 Å². The van der Waals surface area contributed by atoms with E-state index in [1.54, 1.807) is 42.5 Å². The Hall–Kier alpha value is -3.41. The van der Waals surface area contributed by atoms with E-state index in [9.17, 15) is 29.5 Å². The summed E-state index contributed by atoms with van der Waals surface area (Å²) < 4.78 is 26.1. The first kappa shape index (κ1) is 53.6. The van der Waals surface area contributed by atoms with Gasteiger partial charge in [0.25, 0.3) is 0 Å². The van der Waals surface area contributed by atoms with Crippen LogP contribution >= 0.6 is 7.82 Å². The molecule has 322 valence electrons. The van der Waals surface area contributed by atoms with E-state index in [-0.39, 0.29) is 25.7 Å². The summed E-state index contributed by atoms with van der Waals surface area (Å²) in [5.74, 6) is -1.27. The van der Waals surface area contributed by atoms with Crippen LogP contribution in [0.3, 0.4) is 0 Å². The third kappa shape index (κ3) is 39.2. The van der Waals surface area contributed by atoms with Crippen LogP contribution in [-0.4, -0.2) is 74.7 Å². The van der Waals surface area contributed by atoms with Gasteiger partial charge < -0.3 is 34.6 Å². The van der Waals surface area contributed by atoms with Crippen molar-refractivity contribution in [2.75, 3.05) is 13.2 Å². The number of ether oxygens (including phenoxy) is 2. The fourth-order valence-electron chi connectivity index (χ4n) is 4.93. The average Bonchev–Trinajstić information content (AvgIpc) is 3.17. The summed E-state index contributed by atoms with van der Waals surface area (Å²) >= 11 is 0. The van der Waals surface area contributed by atoms with Crippen molar-refractivity contribution in [3.63, 3.8) is 0 Å². The second kappa shape index (κ2) is 38.1. The molecule has 57 heavy (non-hydrogen) atoms. The van der Waals surface area contributed by atoms with E-state index in [2.05, 4.69) is 60.1 Å². The lowest BCUT2D eigenvalue weighted by molar-refractivity contribution is -0.161. The maximum atomic E-state index is 12.4. The predicted molar refractivity (Wildman–Crippen MR) is 229 cm³/mol. The van der Waals surface area contributed by atoms with Gasteiger partial charge in [0.2, 0.25) is 0 Å². The number of allylic oxidation sites excluding steroid dienone is 15. The van der Waals surface area contributed by atoms with Gasteiger partial charge in [-0.1, -0.05) is 142 Å². The predicted octanol–water partition coefficient (Wildman–Crippen LogP) is 9.31. The van der Waals surface area contributed by atoms with Crippen LogP contribution in [0.25, 0.3) is 0 Å². The van der Waals surface area contributed by atoms with E-state index < -0.39 is 57.4 Å². The Balaban J connectivity index is 4.35. The van der Waals surface area contributed by atoms with Gasteiger partial charge in [0, 0.05) is 12.8 Å².